The highest BCUT2D eigenvalue weighted by atomic mass is 32.2. The fourth-order valence-corrected chi connectivity index (χ4v) is 3.20. The summed E-state index contributed by atoms with van der Waals surface area (Å²) in [5.41, 5.74) is -6.48. The molecule has 22 heavy (non-hydrogen) atoms. The van der Waals surface area contributed by atoms with Crippen LogP contribution in [0.5, 0.6) is 0 Å². The molecule has 0 aromatic heterocycles. The van der Waals surface area contributed by atoms with Gasteiger partial charge in [-0.3, -0.25) is 4.90 Å². The average molecular weight is 345 g/mol. The minimum Gasteiger partial charge on any atom is -0.478 e. The maximum absolute atomic E-state index is 12.3. The molecule has 2 rings (SSSR count). The second kappa shape index (κ2) is 5.04. The average Bonchev–Trinajstić information content (AvgIpc) is 2.62. The zero-order chi connectivity index (χ0) is 16.9. The number of carbonyl (C=O) groups is 2. The Morgan fingerprint density at radius 2 is 1.82 bits per heavy atom. The first-order valence-corrected chi connectivity index (χ1v) is 7.35. The lowest BCUT2D eigenvalue weighted by Crippen LogP contribution is -2.46. The largest absolute Gasteiger partial charge is 0.534 e. The molecule has 2 bridgehead atoms. The highest BCUT2D eigenvalue weighted by Crippen LogP contribution is 2.41. The second-order valence-corrected chi connectivity index (χ2v) is 6.30. The molecular weight excluding hydrogens is 335 g/mol. The molecule has 12 heteroatoms. The molecule has 0 aromatic rings. The van der Waals surface area contributed by atoms with Gasteiger partial charge in [0, 0.05) is 12.5 Å². The predicted molar refractivity (Wildman–Crippen MR) is 62.0 cm³/mol. The van der Waals surface area contributed by atoms with Crippen LogP contribution in [0.2, 0.25) is 0 Å². The highest BCUT2D eigenvalue weighted by Gasteiger charge is 2.52. The van der Waals surface area contributed by atoms with E-state index >= 15 is 0 Å². The zero-order valence-corrected chi connectivity index (χ0v) is 11.5. The zero-order valence-electron chi connectivity index (χ0n) is 10.7. The highest BCUT2D eigenvalue weighted by molar-refractivity contribution is 7.87. The first-order valence-electron chi connectivity index (χ1n) is 5.94. The van der Waals surface area contributed by atoms with E-state index in [9.17, 15) is 31.2 Å². The lowest BCUT2D eigenvalue weighted by Gasteiger charge is -2.33. The first kappa shape index (κ1) is 16.4. The van der Waals surface area contributed by atoms with Crippen molar-refractivity contribution in [1.82, 2.24) is 4.90 Å². The summed E-state index contributed by atoms with van der Waals surface area (Å²) in [7, 11) is -6.01. The third kappa shape index (κ3) is 2.58. The van der Waals surface area contributed by atoms with Gasteiger partial charge in [0.2, 0.25) is 0 Å². The molecule has 0 saturated carbocycles. The van der Waals surface area contributed by atoms with Gasteiger partial charge in [-0.15, -0.1) is 0 Å². The number of fused-ring (bicyclic) bond motifs is 2. The van der Waals surface area contributed by atoms with Crippen LogP contribution in [0.1, 0.15) is 19.3 Å². The Morgan fingerprint density at radius 3 is 2.27 bits per heavy atom. The van der Waals surface area contributed by atoms with Gasteiger partial charge in [0.05, 0.1) is 11.6 Å². The molecular formula is C10H10F3NO7S. The molecule has 124 valence electrons. The molecule has 0 radical (unpaired) electrons. The lowest BCUT2D eigenvalue weighted by molar-refractivity contribution is -0.133. The van der Waals surface area contributed by atoms with Crippen molar-refractivity contribution in [1.29, 1.82) is 0 Å². The monoisotopic (exact) mass is 345 g/mol. The van der Waals surface area contributed by atoms with Gasteiger partial charge in [-0.05, 0) is 12.8 Å². The van der Waals surface area contributed by atoms with Crippen LogP contribution in [0.15, 0.2) is 11.3 Å². The summed E-state index contributed by atoms with van der Waals surface area (Å²) in [5.74, 6) is -2.58. The Hall–Kier alpha value is -1.98. The van der Waals surface area contributed by atoms with Crippen LogP contribution in [0.25, 0.3) is 0 Å². The van der Waals surface area contributed by atoms with E-state index in [0.29, 0.717) is 0 Å². The quantitative estimate of drug-likeness (QED) is 0.580. The molecule has 1 amide bonds. The number of rotatable bonds is 3. The van der Waals surface area contributed by atoms with Crippen LogP contribution >= 0.6 is 0 Å². The third-order valence-electron chi connectivity index (χ3n) is 3.50. The topological polar surface area (TPSA) is 121 Å². The van der Waals surface area contributed by atoms with Gasteiger partial charge in [0.1, 0.15) is 5.76 Å². The summed E-state index contributed by atoms with van der Waals surface area (Å²) in [6, 6.07) is -2.05. The minimum absolute atomic E-state index is 0.0670. The molecule has 8 nitrogen and oxygen atoms in total. The Labute approximate surface area is 121 Å². The summed E-state index contributed by atoms with van der Waals surface area (Å²) in [6.45, 7) is 0. The Morgan fingerprint density at radius 1 is 1.23 bits per heavy atom. The van der Waals surface area contributed by atoms with Crippen molar-refractivity contribution >= 4 is 22.2 Å². The number of carboxylic acids is 1. The van der Waals surface area contributed by atoms with E-state index < -0.39 is 57.5 Å². The van der Waals surface area contributed by atoms with Crippen molar-refractivity contribution in [3.63, 3.8) is 0 Å². The SMILES string of the molecule is O=C(O)C1=C(OS(=O)(=O)C(F)(F)F)C[C@@H]2CC[C@H]1N2C(=O)O. The van der Waals surface area contributed by atoms with E-state index in [2.05, 4.69) is 4.18 Å². The molecule has 2 N–H and O–H groups in total. The number of nitrogens with zero attached hydrogens (tertiary/aromatic N) is 1. The molecule has 1 fully saturated rings. The van der Waals surface area contributed by atoms with Crippen LogP contribution in [0, 0.1) is 0 Å². The van der Waals surface area contributed by atoms with Crippen LogP contribution in [-0.4, -0.2) is 53.2 Å². The molecule has 0 aromatic carbocycles. The standard InChI is InChI=1S/C10H10F3NO7S/c11-10(12,13)22(19,20)21-6-3-4-1-2-5(7(6)8(15)16)14(4)9(17)18/h4-5H,1-3H2,(H,15,16)(H,17,18)/t4-,5+/m0/s1. The van der Waals surface area contributed by atoms with Gasteiger partial charge in [0.15, 0.2) is 0 Å². The van der Waals surface area contributed by atoms with Crippen LogP contribution in [0.4, 0.5) is 18.0 Å². The number of aliphatic carboxylic acids is 1. The van der Waals surface area contributed by atoms with E-state index in [1.807, 2.05) is 0 Å². The lowest BCUT2D eigenvalue weighted by atomic mass is 10.00. The molecule has 1 saturated heterocycles. The Balaban J connectivity index is 2.45. The fraction of sp³-hybridized carbons (Fsp3) is 0.600. The first-order chi connectivity index (χ1) is 9.95. The number of hydrogen-bond acceptors (Lipinski definition) is 5. The van der Waals surface area contributed by atoms with Gasteiger partial charge in [-0.1, -0.05) is 0 Å². The number of hydrogen-bond donors (Lipinski definition) is 2. The van der Waals surface area contributed by atoms with Crippen LogP contribution in [0.3, 0.4) is 0 Å². The van der Waals surface area contributed by atoms with E-state index in [1.54, 1.807) is 0 Å². The van der Waals surface area contributed by atoms with Crippen molar-refractivity contribution in [2.24, 2.45) is 0 Å². The van der Waals surface area contributed by atoms with Gasteiger partial charge in [0.25, 0.3) is 0 Å². The van der Waals surface area contributed by atoms with Gasteiger partial charge in [-0.2, -0.15) is 21.6 Å². The number of halogens is 3. The van der Waals surface area contributed by atoms with Gasteiger partial charge >= 0.3 is 27.7 Å². The molecule has 2 atom stereocenters. The Bertz CT molecular complexity index is 654. The van der Waals surface area contributed by atoms with Crippen molar-refractivity contribution in [2.75, 3.05) is 0 Å². The summed E-state index contributed by atoms with van der Waals surface area (Å²) < 4.78 is 63.1. The summed E-state index contributed by atoms with van der Waals surface area (Å²) in [6.07, 6.45) is -1.70. The Kier molecular flexibility index (Phi) is 3.75. The number of alkyl halides is 3. The van der Waals surface area contributed by atoms with E-state index in [4.69, 9.17) is 10.2 Å². The molecule has 0 unspecified atom stereocenters. The predicted octanol–water partition coefficient (Wildman–Crippen LogP) is 1.11. The maximum Gasteiger partial charge on any atom is 0.534 e. The van der Waals surface area contributed by atoms with Gasteiger partial charge in [-0.25, -0.2) is 9.59 Å². The van der Waals surface area contributed by atoms with E-state index in [0.717, 1.165) is 4.90 Å². The molecule has 0 spiro atoms. The van der Waals surface area contributed by atoms with Crippen molar-refractivity contribution in [2.45, 2.75) is 36.9 Å². The molecule has 0 aliphatic carbocycles. The smallest absolute Gasteiger partial charge is 0.478 e. The molecule has 2 aliphatic rings. The normalized spacial score (nSPS) is 25.3. The fourth-order valence-electron chi connectivity index (χ4n) is 2.69. The van der Waals surface area contributed by atoms with Crippen LogP contribution < -0.4 is 0 Å². The summed E-state index contributed by atoms with van der Waals surface area (Å²) >= 11 is 0. The second-order valence-electron chi connectivity index (χ2n) is 4.77. The van der Waals surface area contributed by atoms with Crippen molar-refractivity contribution < 1.29 is 45.6 Å². The van der Waals surface area contributed by atoms with Crippen molar-refractivity contribution in [3.05, 3.63) is 11.3 Å². The van der Waals surface area contributed by atoms with Crippen molar-refractivity contribution in [3.8, 4) is 0 Å². The molecule has 2 heterocycles. The third-order valence-corrected chi connectivity index (χ3v) is 4.49. The molecule has 2 aliphatic heterocycles. The van der Waals surface area contributed by atoms with E-state index in [1.165, 1.54) is 0 Å². The number of carboxylic acid groups (broad SMARTS) is 2. The minimum atomic E-state index is -6.01. The number of amides is 1. The summed E-state index contributed by atoms with van der Waals surface area (Å²) in [5, 5.41) is 18.1. The van der Waals surface area contributed by atoms with E-state index in [-0.39, 0.29) is 12.8 Å². The maximum atomic E-state index is 12.3. The van der Waals surface area contributed by atoms with Gasteiger partial charge < -0.3 is 14.4 Å². The summed E-state index contributed by atoms with van der Waals surface area (Å²) in [4.78, 5) is 23.1. The van der Waals surface area contributed by atoms with Crippen LogP contribution in [-0.2, 0) is 19.1 Å².